The number of hydrogen-bond acceptors (Lipinski definition) is 5. The number of methoxy groups -OCH3 is 1. The third-order valence-electron chi connectivity index (χ3n) is 3.56. The number of rotatable bonds is 6. The Labute approximate surface area is 164 Å². The fourth-order valence-electron chi connectivity index (χ4n) is 2.40. The SMILES string of the molecule is CCOc1cccc(-c2n[nH]c(=S)n2/N=C\c2cc(Br)ccc2OC)c1. The zero-order valence-corrected chi connectivity index (χ0v) is 16.7. The van der Waals surface area contributed by atoms with Gasteiger partial charge in [0.1, 0.15) is 11.5 Å². The van der Waals surface area contributed by atoms with E-state index in [1.165, 1.54) is 0 Å². The van der Waals surface area contributed by atoms with Crippen molar-refractivity contribution < 1.29 is 9.47 Å². The first-order valence-corrected chi connectivity index (χ1v) is 9.11. The van der Waals surface area contributed by atoms with Crippen molar-refractivity contribution in [2.45, 2.75) is 6.92 Å². The monoisotopic (exact) mass is 432 g/mol. The number of nitrogens with zero attached hydrogens (tertiary/aromatic N) is 3. The number of nitrogens with one attached hydrogen (secondary N) is 1. The molecule has 2 aromatic carbocycles. The molecule has 1 heterocycles. The van der Waals surface area contributed by atoms with Gasteiger partial charge in [-0.3, -0.25) is 0 Å². The van der Waals surface area contributed by atoms with Crippen LogP contribution in [0.1, 0.15) is 12.5 Å². The highest BCUT2D eigenvalue weighted by atomic mass is 79.9. The predicted molar refractivity (Wildman–Crippen MR) is 108 cm³/mol. The first-order valence-electron chi connectivity index (χ1n) is 7.91. The van der Waals surface area contributed by atoms with Crippen molar-refractivity contribution in [3.05, 3.63) is 57.3 Å². The Morgan fingerprint density at radius 1 is 1.31 bits per heavy atom. The van der Waals surface area contributed by atoms with Gasteiger partial charge in [0.25, 0.3) is 0 Å². The second-order valence-electron chi connectivity index (χ2n) is 5.26. The maximum absolute atomic E-state index is 5.55. The fourth-order valence-corrected chi connectivity index (χ4v) is 2.96. The summed E-state index contributed by atoms with van der Waals surface area (Å²) in [4.78, 5) is 0. The van der Waals surface area contributed by atoms with E-state index in [1.54, 1.807) is 18.0 Å². The summed E-state index contributed by atoms with van der Waals surface area (Å²) in [6.07, 6.45) is 1.69. The van der Waals surface area contributed by atoms with E-state index in [-0.39, 0.29) is 0 Å². The van der Waals surface area contributed by atoms with Crippen LogP contribution in [-0.4, -0.2) is 34.8 Å². The number of halogens is 1. The summed E-state index contributed by atoms with van der Waals surface area (Å²) in [5, 5.41) is 11.6. The molecule has 134 valence electrons. The van der Waals surface area contributed by atoms with Gasteiger partial charge in [-0.15, -0.1) is 0 Å². The van der Waals surface area contributed by atoms with Gasteiger partial charge in [0.15, 0.2) is 5.82 Å². The lowest BCUT2D eigenvalue weighted by molar-refractivity contribution is 0.340. The summed E-state index contributed by atoms with van der Waals surface area (Å²) in [6.45, 7) is 2.54. The molecule has 6 nitrogen and oxygen atoms in total. The average Bonchev–Trinajstić information content (AvgIpc) is 3.01. The quantitative estimate of drug-likeness (QED) is 0.454. The molecule has 0 aliphatic carbocycles. The lowest BCUT2D eigenvalue weighted by Gasteiger charge is -2.06. The van der Waals surface area contributed by atoms with E-state index >= 15 is 0 Å². The van der Waals surface area contributed by atoms with Gasteiger partial charge in [-0.25, -0.2) is 5.10 Å². The normalized spacial score (nSPS) is 11.0. The summed E-state index contributed by atoms with van der Waals surface area (Å²) < 4.78 is 13.8. The average molecular weight is 433 g/mol. The fraction of sp³-hybridized carbons (Fsp3) is 0.167. The first-order chi connectivity index (χ1) is 12.6. The van der Waals surface area contributed by atoms with Crippen molar-refractivity contribution in [3.8, 4) is 22.9 Å². The van der Waals surface area contributed by atoms with Gasteiger partial charge in [-0.2, -0.15) is 14.9 Å². The molecule has 0 aliphatic heterocycles. The van der Waals surface area contributed by atoms with Crippen molar-refractivity contribution in [1.29, 1.82) is 0 Å². The highest BCUT2D eigenvalue weighted by Crippen LogP contribution is 2.24. The van der Waals surface area contributed by atoms with Crippen LogP contribution in [-0.2, 0) is 0 Å². The first kappa shape index (κ1) is 18.3. The van der Waals surface area contributed by atoms with Crippen molar-refractivity contribution in [1.82, 2.24) is 14.9 Å². The van der Waals surface area contributed by atoms with Crippen LogP contribution < -0.4 is 9.47 Å². The Bertz CT molecular complexity index is 997. The Kier molecular flexibility index (Phi) is 5.85. The Balaban J connectivity index is 2.00. The zero-order valence-electron chi connectivity index (χ0n) is 14.3. The van der Waals surface area contributed by atoms with Crippen LogP contribution in [0.5, 0.6) is 11.5 Å². The molecule has 0 aliphatic rings. The number of H-pyrrole nitrogens is 1. The van der Waals surface area contributed by atoms with E-state index in [0.717, 1.165) is 21.3 Å². The number of ether oxygens (including phenoxy) is 2. The van der Waals surface area contributed by atoms with Crippen LogP contribution in [0.25, 0.3) is 11.4 Å². The van der Waals surface area contributed by atoms with Gasteiger partial charge in [0, 0.05) is 15.6 Å². The highest BCUT2D eigenvalue weighted by Gasteiger charge is 2.10. The van der Waals surface area contributed by atoms with Crippen LogP contribution in [0.2, 0.25) is 0 Å². The molecule has 0 atom stereocenters. The predicted octanol–water partition coefficient (Wildman–Crippen LogP) is 4.66. The second kappa shape index (κ2) is 8.29. The van der Waals surface area contributed by atoms with Crippen LogP contribution >= 0.6 is 28.1 Å². The van der Waals surface area contributed by atoms with Crippen LogP contribution in [0, 0.1) is 4.77 Å². The minimum Gasteiger partial charge on any atom is -0.496 e. The topological polar surface area (TPSA) is 64.4 Å². The number of benzene rings is 2. The molecule has 0 unspecified atom stereocenters. The zero-order chi connectivity index (χ0) is 18.5. The molecular weight excluding hydrogens is 416 g/mol. The molecule has 3 aromatic rings. The largest absolute Gasteiger partial charge is 0.496 e. The molecule has 8 heteroatoms. The molecular formula is C18H17BrN4O2S. The summed E-state index contributed by atoms with van der Waals surface area (Å²) in [5.41, 5.74) is 1.67. The molecule has 3 rings (SSSR count). The van der Waals surface area contributed by atoms with E-state index in [4.69, 9.17) is 21.7 Å². The molecule has 0 radical (unpaired) electrons. The smallest absolute Gasteiger partial charge is 0.216 e. The number of aromatic amines is 1. The maximum Gasteiger partial charge on any atom is 0.216 e. The lowest BCUT2D eigenvalue weighted by Crippen LogP contribution is -1.97. The highest BCUT2D eigenvalue weighted by molar-refractivity contribution is 9.10. The van der Waals surface area contributed by atoms with Gasteiger partial charge in [-0.1, -0.05) is 28.1 Å². The summed E-state index contributed by atoms with van der Waals surface area (Å²) in [7, 11) is 1.62. The molecule has 0 saturated carbocycles. The molecule has 0 saturated heterocycles. The van der Waals surface area contributed by atoms with Crippen molar-refractivity contribution in [2.24, 2.45) is 5.10 Å². The Morgan fingerprint density at radius 3 is 2.92 bits per heavy atom. The van der Waals surface area contributed by atoms with Crippen LogP contribution in [0.4, 0.5) is 0 Å². The third-order valence-corrected chi connectivity index (χ3v) is 4.32. The van der Waals surface area contributed by atoms with E-state index < -0.39 is 0 Å². The number of aromatic nitrogens is 3. The molecule has 0 amide bonds. The number of hydrogen-bond donors (Lipinski definition) is 1. The van der Waals surface area contributed by atoms with E-state index in [0.29, 0.717) is 23.0 Å². The van der Waals surface area contributed by atoms with Gasteiger partial charge in [0.2, 0.25) is 4.77 Å². The lowest BCUT2D eigenvalue weighted by atomic mass is 10.2. The minimum absolute atomic E-state index is 0.395. The standard InChI is InChI=1S/C18H17BrN4O2S/c1-3-25-15-6-4-5-12(10-15)17-21-22-18(26)23(17)20-11-13-9-14(19)7-8-16(13)24-2/h4-11H,3H2,1-2H3,(H,22,26)/b20-11-. The summed E-state index contributed by atoms with van der Waals surface area (Å²) >= 11 is 8.77. The van der Waals surface area contributed by atoms with Crippen molar-refractivity contribution >= 4 is 34.4 Å². The van der Waals surface area contributed by atoms with Gasteiger partial charge < -0.3 is 9.47 Å². The minimum atomic E-state index is 0.395. The molecule has 1 N–H and O–H groups in total. The van der Waals surface area contributed by atoms with Crippen LogP contribution in [0.15, 0.2) is 52.0 Å². The maximum atomic E-state index is 5.55. The van der Waals surface area contributed by atoms with Crippen LogP contribution in [0.3, 0.4) is 0 Å². The van der Waals surface area contributed by atoms with Crippen molar-refractivity contribution in [2.75, 3.05) is 13.7 Å². The molecule has 0 spiro atoms. The molecule has 26 heavy (non-hydrogen) atoms. The molecule has 0 fully saturated rings. The third kappa shape index (κ3) is 4.03. The van der Waals surface area contributed by atoms with E-state index in [1.807, 2.05) is 49.4 Å². The molecule has 1 aromatic heterocycles. The summed E-state index contributed by atoms with van der Waals surface area (Å²) in [6, 6.07) is 13.3. The van der Waals surface area contributed by atoms with Gasteiger partial charge in [-0.05, 0) is 49.5 Å². The van der Waals surface area contributed by atoms with E-state index in [2.05, 4.69) is 31.2 Å². The van der Waals surface area contributed by atoms with Gasteiger partial charge in [0.05, 0.1) is 19.9 Å². The Morgan fingerprint density at radius 2 is 2.15 bits per heavy atom. The van der Waals surface area contributed by atoms with Crippen molar-refractivity contribution in [3.63, 3.8) is 0 Å². The summed E-state index contributed by atoms with van der Waals surface area (Å²) in [5.74, 6) is 2.08. The Hall–Kier alpha value is -2.45. The second-order valence-corrected chi connectivity index (χ2v) is 6.56. The van der Waals surface area contributed by atoms with E-state index in [9.17, 15) is 0 Å². The molecule has 0 bridgehead atoms. The van der Waals surface area contributed by atoms with Gasteiger partial charge >= 0.3 is 0 Å².